The summed E-state index contributed by atoms with van der Waals surface area (Å²) in [4.78, 5) is 11.8. The van der Waals surface area contributed by atoms with Gasteiger partial charge in [-0.25, -0.2) is 4.79 Å². The SMILES string of the molecule is CCOC(=O)c1cnn(C)c1CN[C@H](C)c1ccco1. The predicted octanol–water partition coefficient (Wildman–Crippen LogP) is 2.04. The monoisotopic (exact) mass is 277 g/mol. The van der Waals surface area contributed by atoms with Gasteiger partial charge in [-0.1, -0.05) is 0 Å². The second-order valence-corrected chi connectivity index (χ2v) is 4.47. The lowest BCUT2D eigenvalue weighted by atomic mass is 10.2. The molecule has 0 saturated carbocycles. The highest BCUT2D eigenvalue weighted by molar-refractivity contribution is 5.90. The number of carbonyl (C=O) groups excluding carboxylic acids is 1. The van der Waals surface area contributed by atoms with Crippen molar-refractivity contribution in [1.82, 2.24) is 15.1 Å². The number of furan rings is 1. The molecule has 0 bridgehead atoms. The van der Waals surface area contributed by atoms with Crippen molar-refractivity contribution < 1.29 is 13.9 Å². The number of aryl methyl sites for hydroxylation is 1. The summed E-state index contributed by atoms with van der Waals surface area (Å²) in [5, 5.41) is 7.42. The van der Waals surface area contributed by atoms with Gasteiger partial charge < -0.3 is 14.5 Å². The topological polar surface area (TPSA) is 69.3 Å². The second kappa shape index (κ2) is 6.38. The number of nitrogens with zero attached hydrogens (tertiary/aromatic N) is 2. The Labute approximate surface area is 117 Å². The number of rotatable bonds is 6. The van der Waals surface area contributed by atoms with Gasteiger partial charge >= 0.3 is 5.97 Å². The smallest absolute Gasteiger partial charge is 0.341 e. The molecule has 0 amide bonds. The summed E-state index contributed by atoms with van der Waals surface area (Å²) in [6.07, 6.45) is 3.17. The van der Waals surface area contributed by atoms with E-state index in [1.807, 2.05) is 19.1 Å². The lowest BCUT2D eigenvalue weighted by molar-refractivity contribution is 0.0524. The van der Waals surface area contributed by atoms with Gasteiger partial charge in [0.2, 0.25) is 0 Å². The standard InChI is InChI=1S/C14H19N3O3/c1-4-19-14(18)11-8-16-17(3)12(11)9-15-10(2)13-6-5-7-20-13/h5-8,10,15H,4,9H2,1-3H3/t10-/m1/s1. The minimum atomic E-state index is -0.344. The van der Waals surface area contributed by atoms with Gasteiger partial charge in [0.25, 0.3) is 0 Å². The van der Waals surface area contributed by atoms with Crippen molar-refractivity contribution in [3.8, 4) is 0 Å². The number of esters is 1. The van der Waals surface area contributed by atoms with Crippen molar-refractivity contribution in [3.05, 3.63) is 41.6 Å². The van der Waals surface area contributed by atoms with Crippen LogP contribution in [0.1, 0.15) is 41.7 Å². The molecule has 108 valence electrons. The second-order valence-electron chi connectivity index (χ2n) is 4.47. The Morgan fingerprint density at radius 3 is 3.05 bits per heavy atom. The van der Waals surface area contributed by atoms with E-state index in [-0.39, 0.29) is 12.0 Å². The van der Waals surface area contributed by atoms with E-state index in [0.29, 0.717) is 18.7 Å². The Balaban J connectivity index is 2.05. The summed E-state index contributed by atoms with van der Waals surface area (Å²) >= 11 is 0. The van der Waals surface area contributed by atoms with Crippen LogP contribution in [0.25, 0.3) is 0 Å². The van der Waals surface area contributed by atoms with Gasteiger partial charge in [-0.3, -0.25) is 4.68 Å². The zero-order valence-corrected chi connectivity index (χ0v) is 11.9. The highest BCUT2D eigenvalue weighted by Gasteiger charge is 2.18. The molecule has 6 heteroatoms. The molecule has 2 aromatic rings. The van der Waals surface area contributed by atoms with Crippen LogP contribution < -0.4 is 5.32 Å². The highest BCUT2D eigenvalue weighted by Crippen LogP contribution is 2.15. The first-order valence-electron chi connectivity index (χ1n) is 6.58. The fourth-order valence-electron chi connectivity index (χ4n) is 1.94. The molecule has 0 radical (unpaired) electrons. The van der Waals surface area contributed by atoms with Crippen molar-refractivity contribution in [2.24, 2.45) is 7.05 Å². The minimum absolute atomic E-state index is 0.0509. The molecule has 1 N–H and O–H groups in total. The molecule has 0 fully saturated rings. The number of hydrogen-bond donors (Lipinski definition) is 1. The zero-order chi connectivity index (χ0) is 14.5. The molecule has 0 aliphatic carbocycles. The van der Waals surface area contributed by atoms with Crippen LogP contribution in [0.3, 0.4) is 0 Å². The van der Waals surface area contributed by atoms with Crippen LogP contribution >= 0.6 is 0 Å². The summed E-state index contributed by atoms with van der Waals surface area (Å²) in [6, 6.07) is 3.81. The largest absolute Gasteiger partial charge is 0.468 e. The van der Waals surface area contributed by atoms with Crippen molar-refractivity contribution in [2.75, 3.05) is 6.61 Å². The van der Waals surface area contributed by atoms with Crippen LogP contribution in [0.4, 0.5) is 0 Å². The average Bonchev–Trinajstić information content (AvgIpc) is 3.06. The third-order valence-corrected chi connectivity index (χ3v) is 3.10. The van der Waals surface area contributed by atoms with Crippen molar-refractivity contribution in [3.63, 3.8) is 0 Å². The molecule has 2 aromatic heterocycles. The van der Waals surface area contributed by atoms with E-state index in [0.717, 1.165) is 11.5 Å². The Bertz CT molecular complexity index is 560. The third-order valence-electron chi connectivity index (χ3n) is 3.10. The fraction of sp³-hybridized carbons (Fsp3) is 0.429. The number of nitrogens with one attached hydrogen (secondary N) is 1. The summed E-state index contributed by atoms with van der Waals surface area (Å²) in [6.45, 7) is 4.64. The van der Waals surface area contributed by atoms with E-state index in [4.69, 9.17) is 9.15 Å². The van der Waals surface area contributed by atoms with Crippen LogP contribution in [0.5, 0.6) is 0 Å². The molecule has 2 heterocycles. The zero-order valence-electron chi connectivity index (χ0n) is 11.9. The molecule has 1 atom stereocenters. The molecular formula is C14H19N3O3. The maximum Gasteiger partial charge on any atom is 0.341 e. The van der Waals surface area contributed by atoms with Gasteiger partial charge in [0, 0.05) is 13.6 Å². The Kier molecular flexibility index (Phi) is 4.57. The summed E-state index contributed by atoms with van der Waals surface area (Å²) in [5.41, 5.74) is 1.29. The first-order valence-corrected chi connectivity index (χ1v) is 6.58. The fourth-order valence-corrected chi connectivity index (χ4v) is 1.94. The molecule has 0 aliphatic heterocycles. The number of aromatic nitrogens is 2. The van der Waals surface area contributed by atoms with E-state index in [9.17, 15) is 4.79 Å². The lowest BCUT2D eigenvalue weighted by Gasteiger charge is -2.12. The van der Waals surface area contributed by atoms with Crippen molar-refractivity contribution in [2.45, 2.75) is 26.4 Å². The number of ether oxygens (including phenoxy) is 1. The maximum absolute atomic E-state index is 11.8. The van der Waals surface area contributed by atoms with E-state index >= 15 is 0 Å². The van der Waals surface area contributed by atoms with Gasteiger partial charge in [-0.2, -0.15) is 5.10 Å². The number of hydrogen-bond acceptors (Lipinski definition) is 5. The van der Waals surface area contributed by atoms with Crippen LogP contribution in [-0.4, -0.2) is 22.4 Å². The molecular weight excluding hydrogens is 258 g/mol. The van der Waals surface area contributed by atoms with E-state index in [1.165, 1.54) is 6.20 Å². The molecule has 0 unspecified atom stereocenters. The van der Waals surface area contributed by atoms with Gasteiger partial charge in [0.15, 0.2) is 0 Å². The van der Waals surface area contributed by atoms with Crippen molar-refractivity contribution in [1.29, 1.82) is 0 Å². The average molecular weight is 277 g/mol. The molecule has 0 aromatic carbocycles. The molecule has 0 saturated heterocycles. The maximum atomic E-state index is 11.8. The highest BCUT2D eigenvalue weighted by atomic mass is 16.5. The van der Waals surface area contributed by atoms with Crippen LogP contribution in [0.15, 0.2) is 29.0 Å². The molecule has 0 spiro atoms. The van der Waals surface area contributed by atoms with E-state index < -0.39 is 0 Å². The number of carbonyl (C=O) groups is 1. The first kappa shape index (κ1) is 14.3. The van der Waals surface area contributed by atoms with Crippen molar-refractivity contribution >= 4 is 5.97 Å². The van der Waals surface area contributed by atoms with Crippen LogP contribution in [-0.2, 0) is 18.3 Å². The van der Waals surface area contributed by atoms with E-state index in [2.05, 4.69) is 10.4 Å². The van der Waals surface area contributed by atoms with Crippen LogP contribution in [0, 0.1) is 0 Å². The molecule has 20 heavy (non-hydrogen) atoms. The minimum Gasteiger partial charge on any atom is -0.468 e. The third kappa shape index (κ3) is 3.08. The summed E-state index contributed by atoms with van der Waals surface area (Å²) < 4.78 is 12.0. The normalized spacial score (nSPS) is 12.3. The van der Waals surface area contributed by atoms with Gasteiger partial charge in [0.05, 0.1) is 30.8 Å². The van der Waals surface area contributed by atoms with Crippen LogP contribution in [0.2, 0.25) is 0 Å². The first-order chi connectivity index (χ1) is 9.63. The Hall–Kier alpha value is -2.08. The molecule has 0 aliphatic rings. The lowest BCUT2D eigenvalue weighted by Crippen LogP contribution is -2.21. The Morgan fingerprint density at radius 2 is 2.40 bits per heavy atom. The molecule has 2 rings (SSSR count). The Morgan fingerprint density at radius 1 is 1.60 bits per heavy atom. The predicted molar refractivity (Wildman–Crippen MR) is 73.1 cm³/mol. The van der Waals surface area contributed by atoms with Gasteiger partial charge in [-0.05, 0) is 26.0 Å². The molecule has 6 nitrogen and oxygen atoms in total. The van der Waals surface area contributed by atoms with Gasteiger partial charge in [0.1, 0.15) is 11.3 Å². The van der Waals surface area contributed by atoms with E-state index in [1.54, 1.807) is 24.9 Å². The summed E-state index contributed by atoms with van der Waals surface area (Å²) in [7, 11) is 1.80. The quantitative estimate of drug-likeness (QED) is 0.818. The van der Waals surface area contributed by atoms with Gasteiger partial charge in [-0.15, -0.1) is 0 Å². The summed E-state index contributed by atoms with van der Waals surface area (Å²) in [5.74, 6) is 0.507.